The largest absolute Gasteiger partial charge is 0.390 e. The minimum absolute atomic E-state index is 0.394. The van der Waals surface area contributed by atoms with E-state index in [2.05, 4.69) is 5.32 Å². The van der Waals surface area contributed by atoms with Gasteiger partial charge in [0, 0.05) is 13.2 Å². The van der Waals surface area contributed by atoms with Crippen LogP contribution in [0.4, 0.5) is 0 Å². The minimum atomic E-state index is -0.555. The highest BCUT2D eigenvalue weighted by Crippen LogP contribution is 2.11. The Kier molecular flexibility index (Phi) is 4.85. The van der Waals surface area contributed by atoms with Crippen molar-refractivity contribution in [3.63, 3.8) is 0 Å². The number of hydrogen-bond acceptors (Lipinski definition) is 3. The summed E-state index contributed by atoms with van der Waals surface area (Å²) in [5, 5.41) is 12.8. The van der Waals surface area contributed by atoms with Crippen molar-refractivity contribution in [2.75, 3.05) is 19.7 Å². The zero-order chi connectivity index (χ0) is 10.4. The lowest BCUT2D eigenvalue weighted by atomic mass is 10.1. The van der Waals surface area contributed by atoms with Gasteiger partial charge in [0.05, 0.1) is 11.7 Å². The first-order valence-electron chi connectivity index (χ1n) is 5.63. The maximum atomic E-state index is 9.48. The summed E-state index contributed by atoms with van der Waals surface area (Å²) in [5.41, 5.74) is -0.555. The number of rotatable bonds is 5. The second kappa shape index (κ2) is 5.69. The van der Waals surface area contributed by atoms with Crippen LogP contribution < -0.4 is 5.32 Å². The van der Waals surface area contributed by atoms with Crippen LogP contribution >= 0.6 is 0 Å². The van der Waals surface area contributed by atoms with E-state index in [0.717, 1.165) is 26.1 Å². The molecule has 1 heterocycles. The van der Waals surface area contributed by atoms with E-state index in [1.165, 1.54) is 19.3 Å². The van der Waals surface area contributed by atoms with Crippen molar-refractivity contribution in [2.45, 2.75) is 51.2 Å². The lowest BCUT2D eigenvalue weighted by Gasteiger charge is -2.23. The minimum Gasteiger partial charge on any atom is -0.390 e. The summed E-state index contributed by atoms with van der Waals surface area (Å²) in [5.74, 6) is 0. The van der Waals surface area contributed by atoms with E-state index >= 15 is 0 Å². The fraction of sp³-hybridized carbons (Fsp3) is 1.00. The summed E-state index contributed by atoms with van der Waals surface area (Å²) in [7, 11) is 0. The Bertz CT molecular complexity index is 148. The van der Waals surface area contributed by atoms with Crippen molar-refractivity contribution < 1.29 is 9.84 Å². The molecule has 1 rings (SSSR count). The number of aliphatic hydroxyl groups is 1. The van der Waals surface area contributed by atoms with E-state index in [-0.39, 0.29) is 0 Å². The van der Waals surface area contributed by atoms with Gasteiger partial charge in [0.25, 0.3) is 0 Å². The molecule has 3 heteroatoms. The van der Waals surface area contributed by atoms with E-state index in [4.69, 9.17) is 4.74 Å². The highest BCUT2D eigenvalue weighted by molar-refractivity contribution is 4.69. The lowest BCUT2D eigenvalue weighted by molar-refractivity contribution is 0.0151. The standard InChI is InChI=1S/C11H23NO2/c1-11(2,13)6-7-12-9-10-5-3-4-8-14-10/h10,12-13H,3-9H2,1-2H3. The molecule has 1 atom stereocenters. The zero-order valence-electron chi connectivity index (χ0n) is 9.38. The molecule has 2 N–H and O–H groups in total. The van der Waals surface area contributed by atoms with Crippen LogP contribution in [0.5, 0.6) is 0 Å². The molecule has 1 fully saturated rings. The van der Waals surface area contributed by atoms with Crippen LogP contribution in [0.2, 0.25) is 0 Å². The molecule has 3 nitrogen and oxygen atoms in total. The van der Waals surface area contributed by atoms with E-state index in [1.54, 1.807) is 0 Å². The van der Waals surface area contributed by atoms with E-state index in [9.17, 15) is 5.11 Å². The van der Waals surface area contributed by atoms with Crippen LogP contribution in [0.15, 0.2) is 0 Å². The molecule has 1 saturated heterocycles. The van der Waals surface area contributed by atoms with Crippen LogP contribution in [0.3, 0.4) is 0 Å². The smallest absolute Gasteiger partial charge is 0.0699 e. The van der Waals surface area contributed by atoms with Gasteiger partial charge < -0.3 is 15.2 Å². The van der Waals surface area contributed by atoms with Crippen molar-refractivity contribution in [3.05, 3.63) is 0 Å². The normalized spacial score (nSPS) is 23.8. The Labute approximate surface area is 86.8 Å². The van der Waals surface area contributed by atoms with Crippen molar-refractivity contribution in [3.8, 4) is 0 Å². The average Bonchev–Trinajstić information content (AvgIpc) is 2.13. The number of ether oxygens (including phenoxy) is 1. The monoisotopic (exact) mass is 201 g/mol. The molecule has 84 valence electrons. The van der Waals surface area contributed by atoms with Gasteiger partial charge in [-0.05, 0) is 46.1 Å². The Morgan fingerprint density at radius 2 is 2.21 bits per heavy atom. The first-order valence-corrected chi connectivity index (χ1v) is 5.63. The van der Waals surface area contributed by atoms with Crippen LogP contribution in [-0.2, 0) is 4.74 Å². The molecule has 0 aliphatic carbocycles. The molecular formula is C11H23NO2. The summed E-state index contributed by atoms with van der Waals surface area (Å²) in [4.78, 5) is 0. The molecule has 0 spiro atoms. The third kappa shape index (κ3) is 5.58. The average molecular weight is 201 g/mol. The topological polar surface area (TPSA) is 41.5 Å². The van der Waals surface area contributed by atoms with Gasteiger partial charge in [-0.3, -0.25) is 0 Å². The third-order valence-corrected chi connectivity index (χ3v) is 2.56. The van der Waals surface area contributed by atoms with E-state index in [0.29, 0.717) is 6.10 Å². The van der Waals surface area contributed by atoms with E-state index < -0.39 is 5.60 Å². The maximum Gasteiger partial charge on any atom is 0.0699 e. The highest BCUT2D eigenvalue weighted by atomic mass is 16.5. The highest BCUT2D eigenvalue weighted by Gasteiger charge is 2.14. The molecule has 0 radical (unpaired) electrons. The molecule has 0 aromatic rings. The summed E-state index contributed by atoms with van der Waals surface area (Å²) in [6, 6.07) is 0. The van der Waals surface area contributed by atoms with Crippen LogP contribution in [0.1, 0.15) is 39.5 Å². The molecule has 0 amide bonds. The Balaban J connectivity index is 1.97. The predicted octanol–water partition coefficient (Wildman–Crippen LogP) is 1.31. The van der Waals surface area contributed by atoms with Gasteiger partial charge in [-0.1, -0.05) is 0 Å². The Hall–Kier alpha value is -0.120. The van der Waals surface area contributed by atoms with Gasteiger partial charge in [0.1, 0.15) is 0 Å². The van der Waals surface area contributed by atoms with Crippen molar-refractivity contribution in [1.82, 2.24) is 5.32 Å². The summed E-state index contributed by atoms with van der Waals surface area (Å²) >= 11 is 0. The third-order valence-electron chi connectivity index (χ3n) is 2.56. The zero-order valence-corrected chi connectivity index (χ0v) is 9.38. The van der Waals surface area contributed by atoms with Crippen LogP contribution in [-0.4, -0.2) is 36.5 Å². The molecule has 1 unspecified atom stereocenters. The molecule has 0 bridgehead atoms. The van der Waals surface area contributed by atoms with Gasteiger partial charge in [-0.15, -0.1) is 0 Å². The quantitative estimate of drug-likeness (QED) is 0.659. The molecule has 0 aromatic carbocycles. The summed E-state index contributed by atoms with van der Waals surface area (Å²) in [6.45, 7) is 6.38. The Morgan fingerprint density at radius 1 is 1.43 bits per heavy atom. The SMILES string of the molecule is CC(C)(O)CCNCC1CCCCO1. The van der Waals surface area contributed by atoms with Crippen LogP contribution in [0.25, 0.3) is 0 Å². The second-order valence-electron chi connectivity index (χ2n) is 4.76. The number of nitrogens with one attached hydrogen (secondary N) is 1. The summed E-state index contributed by atoms with van der Waals surface area (Å²) < 4.78 is 5.59. The van der Waals surface area contributed by atoms with Gasteiger partial charge in [-0.25, -0.2) is 0 Å². The van der Waals surface area contributed by atoms with Gasteiger partial charge in [0.2, 0.25) is 0 Å². The first kappa shape index (κ1) is 12.0. The Morgan fingerprint density at radius 3 is 2.79 bits per heavy atom. The number of hydrogen-bond donors (Lipinski definition) is 2. The van der Waals surface area contributed by atoms with E-state index in [1.807, 2.05) is 13.8 Å². The molecular weight excluding hydrogens is 178 g/mol. The molecule has 0 aromatic heterocycles. The predicted molar refractivity (Wildman–Crippen MR) is 57.4 cm³/mol. The molecule has 14 heavy (non-hydrogen) atoms. The second-order valence-corrected chi connectivity index (χ2v) is 4.76. The van der Waals surface area contributed by atoms with Gasteiger partial charge >= 0.3 is 0 Å². The molecule has 0 saturated carbocycles. The van der Waals surface area contributed by atoms with Crippen molar-refractivity contribution >= 4 is 0 Å². The van der Waals surface area contributed by atoms with Gasteiger partial charge in [0.15, 0.2) is 0 Å². The van der Waals surface area contributed by atoms with Gasteiger partial charge in [-0.2, -0.15) is 0 Å². The molecule has 1 aliphatic rings. The fourth-order valence-electron chi connectivity index (χ4n) is 1.63. The molecule has 1 aliphatic heterocycles. The van der Waals surface area contributed by atoms with Crippen LogP contribution in [0, 0.1) is 0 Å². The first-order chi connectivity index (χ1) is 6.58. The van der Waals surface area contributed by atoms with Crippen molar-refractivity contribution in [2.24, 2.45) is 0 Å². The van der Waals surface area contributed by atoms with Crippen molar-refractivity contribution in [1.29, 1.82) is 0 Å². The fourth-order valence-corrected chi connectivity index (χ4v) is 1.63. The lowest BCUT2D eigenvalue weighted by Crippen LogP contribution is -2.34. The maximum absolute atomic E-state index is 9.48. The summed E-state index contributed by atoms with van der Waals surface area (Å²) in [6.07, 6.45) is 4.86.